The van der Waals surface area contributed by atoms with E-state index in [1.165, 1.54) is 21.3 Å². The molecule has 5 nitrogen and oxygen atoms in total. The summed E-state index contributed by atoms with van der Waals surface area (Å²) in [5.41, 5.74) is 1.02. The Hall–Kier alpha value is -1.42. The molecule has 0 saturated carbocycles. The van der Waals surface area contributed by atoms with Gasteiger partial charge in [0.05, 0.1) is 7.11 Å². The molecular formula is C15H19O5P. The zero-order valence-corrected chi connectivity index (χ0v) is 13.5. The molecule has 2 rings (SSSR count). The van der Waals surface area contributed by atoms with Gasteiger partial charge >= 0.3 is 7.60 Å². The molecule has 0 aromatic heterocycles. The molecule has 1 atom stereocenters. The van der Waals surface area contributed by atoms with Gasteiger partial charge in [-0.3, -0.25) is 9.36 Å². The highest BCUT2D eigenvalue weighted by Gasteiger charge is 2.62. The minimum atomic E-state index is -3.73. The zero-order chi connectivity index (χ0) is 15.7. The van der Waals surface area contributed by atoms with Crippen LogP contribution in [0, 0.1) is 0 Å². The fourth-order valence-electron chi connectivity index (χ4n) is 2.85. The maximum absolute atomic E-state index is 13.1. The van der Waals surface area contributed by atoms with E-state index < -0.39 is 12.8 Å². The maximum atomic E-state index is 13.1. The Morgan fingerprint density at radius 1 is 1.14 bits per heavy atom. The second kappa shape index (κ2) is 5.76. The lowest BCUT2D eigenvalue weighted by atomic mass is 9.97. The molecule has 6 heteroatoms. The van der Waals surface area contributed by atoms with Crippen molar-refractivity contribution in [2.45, 2.75) is 18.5 Å². The number of carbonyl (C=O) groups excluding carboxylic acids is 1. The molecule has 21 heavy (non-hydrogen) atoms. The molecule has 0 spiro atoms. The third kappa shape index (κ3) is 2.00. The summed E-state index contributed by atoms with van der Waals surface area (Å²) in [6.07, 6.45) is 9.00. The van der Waals surface area contributed by atoms with Gasteiger partial charge in [-0.15, -0.1) is 0 Å². The van der Waals surface area contributed by atoms with E-state index in [1.54, 1.807) is 30.4 Å². The molecule has 114 valence electrons. The minimum absolute atomic E-state index is 0.292. The van der Waals surface area contributed by atoms with Crippen LogP contribution in [0.5, 0.6) is 0 Å². The topological polar surface area (TPSA) is 61.8 Å². The molecule has 0 saturated heterocycles. The van der Waals surface area contributed by atoms with Crippen LogP contribution in [0.4, 0.5) is 0 Å². The normalized spacial score (nSPS) is 25.0. The Labute approximate surface area is 124 Å². The predicted molar refractivity (Wildman–Crippen MR) is 80.1 cm³/mol. The summed E-state index contributed by atoms with van der Waals surface area (Å²) in [5.74, 6) is 0.160. The number of Topliss-reactive ketones (excluding diaryl/α,β-unsaturated/α-hetero) is 1. The monoisotopic (exact) mass is 310 g/mol. The van der Waals surface area contributed by atoms with Crippen LogP contribution in [0.25, 0.3) is 0 Å². The Morgan fingerprint density at radius 2 is 1.81 bits per heavy atom. The molecule has 0 aliphatic heterocycles. The lowest BCUT2D eigenvalue weighted by Crippen LogP contribution is -2.36. The van der Waals surface area contributed by atoms with Crippen LogP contribution < -0.4 is 0 Å². The van der Waals surface area contributed by atoms with E-state index in [4.69, 9.17) is 13.8 Å². The Morgan fingerprint density at radius 3 is 2.33 bits per heavy atom. The van der Waals surface area contributed by atoms with Crippen molar-refractivity contribution in [1.82, 2.24) is 0 Å². The summed E-state index contributed by atoms with van der Waals surface area (Å²) in [6.45, 7) is 1.86. The highest BCUT2D eigenvalue weighted by molar-refractivity contribution is 7.57. The van der Waals surface area contributed by atoms with Crippen molar-refractivity contribution in [2.24, 2.45) is 0 Å². The number of carbonyl (C=O) groups is 1. The Kier molecular flexibility index (Phi) is 4.38. The highest BCUT2D eigenvalue weighted by atomic mass is 31.2. The summed E-state index contributed by atoms with van der Waals surface area (Å²) in [4.78, 5) is 13.0. The largest absolute Gasteiger partial charge is 0.496 e. The van der Waals surface area contributed by atoms with Gasteiger partial charge in [0.2, 0.25) is 0 Å². The van der Waals surface area contributed by atoms with E-state index >= 15 is 0 Å². The van der Waals surface area contributed by atoms with E-state index in [0.717, 1.165) is 0 Å². The Bertz CT molecular complexity index is 618. The van der Waals surface area contributed by atoms with E-state index in [1.807, 2.05) is 6.92 Å². The lowest BCUT2D eigenvalue weighted by molar-refractivity contribution is -0.116. The fourth-order valence-corrected chi connectivity index (χ4v) is 4.70. The quantitative estimate of drug-likeness (QED) is 0.730. The molecule has 0 radical (unpaired) electrons. The van der Waals surface area contributed by atoms with Crippen LogP contribution in [0.3, 0.4) is 0 Å². The first-order valence-electron chi connectivity index (χ1n) is 6.63. The van der Waals surface area contributed by atoms with Crippen LogP contribution in [-0.2, 0) is 23.1 Å². The van der Waals surface area contributed by atoms with Gasteiger partial charge in [0.15, 0.2) is 10.9 Å². The number of methoxy groups -OCH3 is 1. The van der Waals surface area contributed by atoms with E-state index in [9.17, 15) is 9.36 Å². The third-order valence-corrected chi connectivity index (χ3v) is 6.26. The SMILES string of the molecule is CCC1=C(OC)C2=CC=CC=CC2(P(=O)(OC)OC)C1=O. The molecular weight excluding hydrogens is 291 g/mol. The van der Waals surface area contributed by atoms with Crippen molar-refractivity contribution in [2.75, 3.05) is 21.3 Å². The highest BCUT2D eigenvalue weighted by Crippen LogP contribution is 2.67. The summed E-state index contributed by atoms with van der Waals surface area (Å²) in [7, 11) is 0.334. The van der Waals surface area contributed by atoms with E-state index in [0.29, 0.717) is 23.3 Å². The van der Waals surface area contributed by atoms with Crippen molar-refractivity contribution in [3.05, 3.63) is 47.3 Å². The summed E-state index contributed by atoms with van der Waals surface area (Å²) < 4.78 is 28.8. The molecule has 0 aromatic carbocycles. The number of rotatable bonds is 5. The Balaban J connectivity index is 2.80. The number of allylic oxidation sites excluding steroid dienone is 7. The molecule has 0 fully saturated rings. The summed E-state index contributed by atoms with van der Waals surface area (Å²) in [6, 6.07) is 0. The molecule has 0 heterocycles. The van der Waals surface area contributed by atoms with Crippen LogP contribution >= 0.6 is 7.60 Å². The predicted octanol–water partition coefficient (Wildman–Crippen LogP) is 3.16. The molecule has 0 aromatic rings. The van der Waals surface area contributed by atoms with Gasteiger partial charge in [0, 0.05) is 25.4 Å². The lowest BCUT2D eigenvalue weighted by Gasteiger charge is -2.32. The average molecular weight is 310 g/mol. The van der Waals surface area contributed by atoms with Crippen molar-refractivity contribution >= 4 is 13.4 Å². The van der Waals surface area contributed by atoms with Crippen molar-refractivity contribution < 1.29 is 23.1 Å². The number of ether oxygens (including phenoxy) is 1. The average Bonchev–Trinajstić information content (AvgIpc) is 2.65. The minimum Gasteiger partial charge on any atom is -0.496 e. The van der Waals surface area contributed by atoms with Crippen molar-refractivity contribution in [1.29, 1.82) is 0 Å². The maximum Gasteiger partial charge on any atom is 0.352 e. The van der Waals surface area contributed by atoms with Gasteiger partial charge in [-0.1, -0.05) is 37.3 Å². The molecule has 0 amide bonds. The number of hydrogen-bond donors (Lipinski definition) is 0. The summed E-state index contributed by atoms with van der Waals surface area (Å²) in [5, 5.41) is -1.48. The van der Waals surface area contributed by atoms with Gasteiger partial charge in [-0.2, -0.15) is 0 Å². The standard InChI is InChI=1S/C15H19O5P/c1-5-11-13(18-2)12-9-7-6-8-10-15(12,14(11)16)21(17,19-3)20-4/h6-10H,5H2,1-4H3. The van der Waals surface area contributed by atoms with E-state index in [-0.39, 0.29) is 5.78 Å². The third-order valence-electron chi connectivity index (χ3n) is 3.84. The second-order valence-corrected chi connectivity index (χ2v) is 7.08. The van der Waals surface area contributed by atoms with Crippen molar-refractivity contribution in [3.8, 4) is 0 Å². The first-order chi connectivity index (χ1) is 10.0. The van der Waals surface area contributed by atoms with Crippen LogP contribution in [0.1, 0.15) is 13.3 Å². The van der Waals surface area contributed by atoms with Gasteiger partial charge in [-0.05, 0) is 6.42 Å². The molecule has 2 aliphatic carbocycles. The summed E-state index contributed by atoms with van der Waals surface area (Å²) >= 11 is 0. The zero-order valence-electron chi connectivity index (χ0n) is 12.6. The first-order valence-corrected chi connectivity index (χ1v) is 8.17. The molecule has 2 aliphatic rings. The van der Waals surface area contributed by atoms with Crippen LogP contribution in [-0.4, -0.2) is 32.3 Å². The number of fused-ring (bicyclic) bond motifs is 1. The van der Waals surface area contributed by atoms with Gasteiger partial charge in [0.25, 0.3) is 0 Å². The van der Waals surface area contributed by atoms with Crippen LogP contribution in [0.2, 0.25) is 0 Å². The number of hydrogen-bond acceptors (Lipinski definition) is 5. The van der Waals surface area contributed by atoms with Crippen molar-refractivity contribution in [3.63, 3.8) is 0 Å². The van der Waals surface area contributed by atoms with E-state index in [2.05, 4.69) is 0 Å². The van der Waals surface area contributed by atoms with Crippen LogP contribution in [0.15, 0.2) is 47.3 Å². The van der Waals surface area contributed by atoms with Gasteiger partial charge < -0.3 is 13.8 Å². The molecule has 1 unspecified atom stereocenters. The van der Waals surface area contributed by atoms with Gasteiger partial charge in [0.1, 0.15) is 5.76 Å². The van der Waals surface area contributed by atoms with Gasteiger partial charge in [-0.25, -0.2) is 0 Å². The first kappa shape index (κ1) is 16.0. The second-order valence-electron chi connectivity index (χ2n) is 4.65. The molecule has 0 N–H and O–H groups in total. The smallest absolute Gasteiger partial charge is 0.352 e. The fraction of sp³-hybridized carbons (Fsp3) is 0.400. The number of ketones is 1. The molecule has 0 bridgehead atoms.